The molecule has 7 heteroatoms. The second-order valence-electron chi connectivity index (χ2n) is 6.38. The summed E-state index contributed by atoms with van der Waals surface area (Å²) >= 11 is 0. The summed E-state index contributed by atoms with van der Waals surface area (Å²) in [7, 11) is 1.78. The van der Waals surface area contributed by atoms with Gasteiger partial charge in [-0.2, -0.15) is 0 Å². The monoisotopic (exact) mass is 354 g/mol. The van der Waals surface area contributed by atoms with Crippen LogP contribution in [0, 0.1) is 0 Å². The standard InChI is InChI=1S/C19H26N6O/c1-15(20-2)19(26)23-14-16-6-5-9-22-18(16)25-12-10-24(11-13-25)17-7-3-4-8-21-17/h3-9,15,20H,10-14H2,1-2H3,(H,23,26)/t15-/m0/s1. The van der Waals surface area contributed by atoms with Crippen molar-refractivity contribution in [2.75, 3.05) is 43.0 Å². The Hall–Kier alpha value is -2.67. The van der Waals surface area contributed by atoms with Crippen molar-refractivity contribution in [3.05, 3.63) is 48.3 Å². The molecule has 7 nitrogen and oxygen atoms in total. The molecule has 1 atom stereocenters. The van der Waals surface area contributed by atoms with Gasteiger partial charge in [-0.3, -0.25) is 4.79 Å². The van der Waals surface area contributed by atoms with E-state index < -0.39 is 0 Å². The first-order valence-electron chi connectivity index (χ1n) is 8.99. The smallest absolute Gasteiger partial charge is 0.237 e. The Bertz CT molecular complexity index is 715. The molecule has 0 bridgehead atoms. The molecule has 1 aliphatic heterocycles. The van der Waals surface area contributed by atoms with Crippen LogP contribution in [-0.2, 0) is 11.3 Å². The highest BCUT2D eigenvalue weighted by Gasteiger charge is 2.21. The van der Waals surface area contributed by atoms with E-state index in [1.165, 1.54) is 0 Å². The van der Waals surface area contributed by atoms with Gasteiger partial charge in [-0.05, 0) is 32.2 Å². The molecular weight excluding hydrogens is 328 g/mol. The highest BCUT2D eigenvalue weighted by Crippen LogP contribution is 2.20. The first kappa shape index (κ1) is 18.1. The molecule has 3 heterocycles. The van der Waals surface area contributed by atoms with Crippen molar-refractivity contribution in [1.82, 2.24) is 20.6 Å². The van der Waals surface area contributed by atoms with Gasteiger partial charge in [0.05, 0.1) is 6.04 Å². The van der Waals surface area contributed by atoms with E-state index in [-0.39, 0.29) is 11.9 Å². The minimum Gasteiger partial charge on any atom is -0.353 e. The minimum absolute atomic E-state index is 0.0118. The zero-order valence-electron chi connectivity index (χ0n) is 15.4. The van der Waals surface area contributed by atoms with E-state index in [1.54, 1.807) is 7.05 Å². The summed E-state index contributed by atoms with van der Waals surface area (Å²) in [5, 5.41) is 5.93. The number of carbonyl (C=O) groups is 1. The van der Waals surface area contributed by atoms with Crippen molar-refractivity contribution in [3.63, 3.8) is 0 Å². The SMILES string of the molecule is CN[C@@H](C)C(=O)NCc1cccnc1N1CCN(c2ccccn2)CC1. The summed E-state index contributed by atoms with van der Waals surface area (Å²) in [6.45, 7) is 5.88. The summed E-state index contributed by atoms with van der Waals surface area (Å²) in [5.41, 5.74) is 1.04. The molecule has 1 aliphatic rings. The molecule has 3 rings (SSSR count). The fourth-order valence-corrected chi connectivity index (χ4v) is 3.01. The molecule has 0 radical (unpaired) electrons. The Morgan fingerprint density at radius 1 is 1.08 bits per heavy atom. The lowest BCUT2D eigenvalue weighted by Crippen LogP contribution is -2.47. The van der Waals surface area contributed by atoms with Gasteiger partial charge in [0.15, 0.2) is 0 Å². The van der Waals surface area contributed by atoms with E-state index in [0.29, 0.717) is 6.54 Å². The molecule has 1 amide bonds. The Morgan fingerprint density at radius 3 is 2.50 bits per heavy atom. The number of rotatable bonds is 6. The van der Waals surface area contributed by atoms with Crippen LogP contribution in [0.2, 0.25) is 0 Å². The zero-order chi connectivity index (χ0) is 18.4. The average Bonchev–Trinajstić information content (AvgIpc) is 2.72. The Morgan fingerprint density at radius 2 is 1.81 bits per heavy atom. The van der Waals surface area contributed by atoms with Gasteiger partial charge in [-0.25, -0.2) is 9.97 Å². The Labute approximate surface area is 154 Å². The fraction of sp³-hybridized carbons (Fsp3) is 0.421. The Kier molecular flexibility index (Phi) is 6.01. The number of nitrogens with one attached hydrogen (secondary N) is 2. The number of aromatic nitrogens is 2. The van der Waals surface area contributed by atoms with Gasteiger partial charge in [0.2, 0.25) is 5.91 Å². The van der Waals surface area contributed by atoms with Crippen LogP contribution >= 0.6 is 0 Å². The summed E-state index contributed by atoms with van der Waals surface area (Å²) in [5.74, 6) is 1.95. The summed E-state index contributed by atoms with van der Waals surface area (Å²) in [6.07, 6.45) is 3.63. The van der Waals surface area contributed by atoms with Crippen LogP contribution in [0.1, 0.15) is 12.5 Å². The predicted molar refractivity (Wildman–Crippen MR) is 103 cm³/mol. The largest absolute Gasteiger partial charge is 0.353 e. The average molecular weight is 354 g/mol. The summed E-state index contributed by atoms with van der Waals surface area (Å²) in [6, 6.07) is 9.72. The third-order valence-electron chi connectivity index (χ3n) is 4.70. The van der Waals surface area contributed by atoms with Gasteiger partial charge >= 0.3 is 0 Å². The van der Waals surface area contributed by atoms with Crippen molar-refractivity contribution in [3.8, 4) is 0 Å². The molecule has 0 aromatic carbocycles. The van der Waals surface area contributed by atoms with Gasteiger partial charge in [-0.1, -0.05) is 12.1 Å². The zero-order valence-corrected chi connectivity index (χ0v) is 15.4. The first-order valence-corrected chi connectivity index (χ1v) is 8.99. The van der Waals surface area contributed by atoms with Crippen molar-refractivity contribution in [2.45, 2.75) is 19.5 Å². The van der Waals surface area contributed by atoms with Crippen molar-refractivity contribution < 1.29 is 4.79 Å². The summed E-state index contributed by atoms with van der Waals surface area (Å²) < 4.78 is 0. The number of hydrogen-bond acceptors (Lipinski definition) is 6. The van der Waals surface area contributed by atoms with Gasteiger partial charge in [-0.15, -0.1) is 0 Å². The predicted octanol–water partition coefficient (Wildman–Crippen LogP) is 1.03. The third-order valence-corrected chi connectivity index (χ3v) is 4.70. The van der Waals surface area contributed by atoms with Crippen LogP contribution in [0.4, 0.5) is 11.6 Å². The van der Waals surface area contributed by atoms with Crippen molar-refractivity contribution >= 4 is 17.5 Å². The molecule has 26 heavy (non-hydrogen) atoms. The lowest BCUT2D eigenvalue weighted by atomic mass is 10.2. The van der Waals surface area contributed by atoms with E-state index >= 15 is 0 Å². The van der Waals surface area contributed by atoms with Gasteiger partial charge < -0.3 is 20.4 Å². The molecule has 1 fully saturated rings. The third kappa shape index (κ3) is 4.29. The van der Waals surface area contributed by atoms with Crippen LogP contribution in [0.5, 0.6) is 0 Å². The minimum atomic E-state index is -0.211. The lowest BCUT2D eigenvalue weighted by molar-refractivity contribution is -0.122. The molecule has 0 unspecified atom stereocenters. The number of piperazine rings is 1. The van der Waals surface area contributed by atoms with E-state index in [4.69, 9.17) is 0 Å². The first-order chi connectivity index (χ1) is 12.7. The summed E-state index contributed by atoms with van der Waals surface area (Å²) in [4.78, 5) is 25.6. The maximum absolute atomic E-state index is 12.0. The van der Waals surface area contributed by atoms with Crippen LogP contribution in [-0.4, -0.2) is 55.1 Å². The van der Waals surface area contributed by atoms with E-state index in [9.17, 15) is 4.79 Å². The molecule has 1 saturated heterocycles. The quantitative estimate of drug-likeness (QED) is 0.807. The lowest BCUT2D eigenvalue weighted by Gasteiger charge is -2.36. The molecule has 138 valence electrons. The van der Waals surface area contributed by atoms with Crippen molar-refractivity contribution in [2.24, 2.45) is 0 Å². The molecule has 0 spiro atoms. The fourth-order valence-electron chi connectivity index (χ4n) is 3.01. The van der Waals surface area contributed by atoms with E-state index in [0.717, 1.165) is 43.4 Å². The van der Waals surface area contributed by atoms with Gasteiger partial charge in [0.1, 0.15) is 11.6 Å². The number of amides is 1. The van der Waals surface area contributed by atoms with Gasteiger partial charge in [0.25, 0.3) is 0 Å². The normalized spacial score (nSPS) is 15.6. The van der Waals surface area contributed by atoms with Crippen LogP contribution in [0.3, 0.4) is 0 Å². The maximum Gasteiger partial charge on any atom is 0.237 e. The molecule has 2 N–H and O–H groups in total. The number of pyridine rings is 2. The number of hydrogen-bond donors (Lipinski definition) is 2. The van der Waals surface area contributed by atoms with E-state index in [1.807, 2.05) is 49.6 Å². The number of nitrogens with zero attached hydrogens (tertiary/aromatic N) is 4. The number of likely N-dealkylation sites (N-methyl/N-ethyl adjacent to an activating group) is 1. The van der Waals surface area contributed by atoms with Crippen LogP contribution < -0.4 is 20.4 Å². The Balaban J connectivity index is 1.63. The van der Waals surface area contributed by atoms with Crippen LogP contribution in [0.25, 0.3) is 0 Å². The molecular formula is C19H26N6O. The molecule has 0 aliphatic carbocycles. The highest BCUT2D eigenvalue weighted by atomic mass is 16.2. The molecule has 2 aromatic rings. The van der Waals surface area contributed by atoms with Gasteiger partial charge in [0, 0.05) is 50.7 Å². The van der Waals surface area contributed by atoms with Crippen LogP contribution in [0.15, 0.2) is 42.7 Å². The second-order valence-corrected chi connectivity index (χ2v) is 6.38. The topological polar surface area (TPSA) is 73.4 Å². The number of anilines is 2. The number of carbonyl (C=O) groups excluding carboxylic acids is 1. The molecule has 2 aromatic heterocycles. The maximum atomic E-state index is 12.0. The van der Waals surface area contributed by atoms with Crippen molar-refractivity contribution in [1.29, 1.82) is 0 Å². The second kappa shape index (κ2) is 8.62. The highest BCUT2D eigenvalue weighted by molar-refractivity contribution is 5.81. The van der Waals surface area contributed by atoms with E-state index in [2.05, 4.69) is 30.4 Å². The molecule has 0 saturated carbocycles.